The number of rotatable bonds is 5. The van der Waals surface area contributed by atoms with Gasteiger partial charge in [-0.25, -0.2) is 0 Å². The Bertz CT molecular complexity index is 432. The summed E-state index contributed by atoms with van der Waals surface area (Å²) in [5.74, 6) is 2.12. The first kappa shape index (κ1) is 17.8. The predicted octanol–water partition coefficient (Wildman–Crippen LogP) is 1.97. The second-order valence-electron chi connectivity index (χ2n) is 6.89. The van der Waals surface area contributed by atoms with E-state index in [2.05, 4.69) is 15.6 Å². The molecule has 0 aromatic carbocycles. The normalized spacial score (nSPS) is 26.4. The lowest BCUT2D eigenvalue weighted by Crippen LogP contribution is -2.46. The molecule has 22 heavy (non-hydrogen) atoms. The summed E-state index contributed by atoms with van der Waals surface area (Å²) in [4.78, 5) is 18.0. The van der Waals surface area contributed by atoms with Gasteiger partial charge in [0.25, 0.3) is 0 Å². The molecule has 1 atom stereocenters. The maximum Gasteiger partial charge on any atom is 0.222 e. The number of guanidine groups is 1. The molecule has 1 unspecified atom stereocenters. The third-order valence-corrected chi connectivity index (χ3v) is 5.35. The molecule has 2 saturated carbocycles. The van der Waals surface area contributed by atoms with Crippen molar-refractivity contribution in [2.24, 2.45) is 16.3 Å². The number of amides is 1. The summed E-state index contributed by atoms with van der Waals surface area (Å²) >= 11 is 0. The zero-order chi connectivity index (χ0) is 14.9. The summed E-state index contributed by atoms with van der Waals surface area (Å²) < 4.78 is 0. The summed E-state index contributed by atoms with van der Waals surface area (Å²) in [6.45, 7) is 4.66. The van der Waals surface area contributed by atoms with Crippen molar-refractivity contribution >= 4 is 35.8 Å². The molecule has 1 saturated heterocycles. The van der Waals surface area contributed by atoms with Gasteiger partial charge < -0.3 is 15.5 Å². The van der Waals surface area contributed by atoms with Crippen molar-refractivity contribution < 1.29 is 4.79 Å². The zero-order valence-electron chi connectivity index (χ0n) is 13.7. The fraction of sp³-hybridized carbons (Fsp3) is 0.875. The van der Waals surface area contributed by atoms with E-state index in [1.807, 2.05) is 18.9 Å². The van der Waals surface area contributed by atoms with Gasteiger partial charge in [0.05, 0.1) is 0 Å². The van der Waals surface area contributed by atoms with E-state index < -0.39 is 0 Å². The minimum Gasteiger partial charge on any atom is -0.356 e. The van der Waals surface area contributed by atoms with Crippen molar-refractivity contribution in [3.63, 3.8) is 0 Å². The molecule has 3 rings (SSSR count). The van der Waals surface area contributed by atoms with Crippen LogP contribution in [0.1, 0.15) is 45.4 Å². The van der Waals surface area contributed by atoms with Crippen molar-refractivity contribution in [2.45, 2.75) is 51.5 Å². The number of nitrogens with zero attached hydrogens (tertiary/aromatic N) is 2. The highest BCUT2D eigenvalue weighted by Crippen LogP contribution is 2.60. The molecule has 126 valence electrons. The summed E-state index contributed by atoms with van der Waals surface area (Å²) in [5.41, 5.74) is 0.581. The molecule has 1 amide bonds. The Balaban J connectivity index is 0.00000176. The lowest BCUT2D eigenvalue weighted by Gasteiger charge is -2.21. The number of halogens is 1. The highest BCUT2D eigenvalue weighted by Gasteiger charge is 2.53. The molecule has 5 nitrogen and oxygen atoms in total. The van der Waals surface area contributed by atoms with Gasteiger partial charge in [0.1, 0.15) is 0 Å². The molecule has 2 N–H and O–H groups in total. The average Bonchev–Trinajstić information content (AvgIpc) is 3.40. The summed E-state index contributed by atoms with van der Waals surface area (Å²) in [6, 6.07) is 0.336. The van der Waals surface area contributed by atoms with Gasteiger partial charge in [-0.1, -0.05) is 6.92 Å². The van der Waals surface area contributed by atoms with E-state index in [4.69, 9.17) is 0 Å². The van der Waals surface area contributed by atoms with Crippen LogP contribution in [0.4, 0.5) is 0 Å². The van der Waals surface area contributed by atoms with Crippen LogP contribution in [0.5, 0.6) is 0 Å². The smallest absolute Gasteiger partial charge is 0.222 e. The van der Waals surface area contributed by atoms with Crippen LogP contribution in [-0.2, 0) is 4.79 Å². The van der Waals surface area contributed by atoms with Crippen molar-refractivity contribution in [3.8, 4) is 0 Å². The second-order valence-corrected chi connectivity index (χ2v) is 6.89. The van der Waals surface area contributed by atoms with Crippen LogP contribution in [-0.4, -0.2) is 49.5 Å². The largest absolute Gasteiger partial charge is 0.356 e. The van der Waals surface area contributed by atoms with E-state index in [1.165, 1.54) is 25.7 Å². The van der Waals surface area contributed by atoms with E-state index in [0.717, 1.165) is 37.9 Å². The first-order chi connectivity index (χ1) is 10.2. The Morgan fingerprint density at radius 1 is 1.32 bits per heavy atom. The number of likely N-dealkylation sites (tertiary alicyclic amines) is 1. The molecule has 0 aromatic rings. The first-order valence-corrected chi connectivity index (χ1v) is 8.42. The van der Waals surface area contributed by atoms with E-state index in [0.29, 0.717) is 17.9 Å². The summed E-state index contributed by atoms with van der Waals surface area (Å²) in [5, 5.41) is 6.99. The molecule has 3 fully saturated rings. The quantitative estimate of drug-likeness (QED) is 0.406. The van der Waals surface area contributed by atoms with Crippen LogP contribution < -0.4 is 10.6 Å². The van der Waals surface area contributed by atoms with E-state index in [-0.39, 0.29) is 29.9 Å². The topological polar surface area (TPSA) is 56.7 Å². The third kappa shape index (κ3) is 4.06. The number of hydrogen-bond donors (Lipinski definition) is 2. The predicted molar refractivity (Wildman–Crippen MR) is 99.6 cm³/mol. The van der Waals surface area contributed by atoms with E-state index in [1.54, 1.807) is 0 Å². The van der Waals surface area contributed by atoms with Crippen LogP contribution in [0.2, 0.25) is 0 Å². The number of carbonyl (C=O) groups is 1. The highest BCUT2D eigenvalue weighted by atomic mass is 127. The number of aliphatic imine (C=N–C) groups is 1. The van der Waals surface area contributed by atoms with Gasteiger partial charge in [-0.15, -0.1) is 24.0 Å². The van der Waals surface area contributed by atoms with Gasteiger partial charge in [0, 0.05) is 39.1 Å². The van der Waals surface area contributed by atoms with Gasteiger partial charge in [0.2, 0.25) is 5.91 Å². The molecule has 0 bridgehead atoms. The first-order valence-electron chi connectivity index (χ1n) is 8.42. The molecule has 3 aliphatic rings. The fourth-order valence-corrected chi connectivity index (χ4v) is 3.56. The summed E-state index contributed by atoms with van der Waals surface area (Å²) in [6.07, 6.45) is 7.21. The molecule has 2 aliphatic carbocycles. The molecular formula is C16H29IN4O. The van der Waals surface area contributed by atoms with Gasteiger partial charge in [-0.05, 0) is 43.4 Å². The van der Waals surface area contributed by atoms with Crippen molar-refractivity contribution in [2.75, 3.05) is 26.7 Å². The monoisotopic (exact) mass is 420 g/mol. The number of nitrogens with one attached hydrogen (secondary N) is 2. The van der Waals surface area contributed by atoms with Crippen LogP contribution in [0.3, 0.4) is 0 Å². The average molecular weight is 420 g/mol. The van der Waals surface area contributed by atoms with Crippen LogP contribution >= 0.6 is 24.0 Å². The Labute approximate surface area is 150 Å². The Kier molecular flexibility index (Phi) is 5.96. The molecule has 0 aromatic heterocycles. The van der Waals surface area contributed by atoms with Gasteiger partial charge >= 0.3 is 0 Å². The van der Waals surface area contributed by atoms with Gasteiger partial charge in [-0.2, -0.15) is 0 Å². The van der Waals surface area contributed by atoms with Gasteiger partial charge in [-0.3, -0.25) is 9.79 Å². The lowest BCUT2D eigenvalue weighted by atomic mass is 10.0. The second kappa shape index (κ2) is 7.36. The zero-order valence-corrected chi connectivity index (χ0v) is 16.1. The number of carbonyl (C=O) groups excluding carboxylic acids is 1. The van der Waals surface area contributed by atoms with Crippen molar-refractivity contribution in [1.29, 1.82) is 0 Å². The van der Waals surface area contributed by atoms with E-state index in [9.17, 15) is 4.79 Å². The van der Waals surface area contributed by atoms with Gasteiger partial charge in [0.15, 0.2) is 5.96 Å². The van der Waals surface area contributed by atoms with Crippen molar-refractivity contribution in [3.05, 3.63) is 0 Å². The SMILES string of the molecule is CCC(=O)N1CCC(NC(=NC)NCC2(C3CC3)CC2)C1.I. The maximum atomic E-state index is 11.7. The Morgan fingerprint density at radius 3 is 2.59 bits per heavy atom. The molecule has 1 aliphatic heterocycles. The van der Waals surface area contributed by atoms with E-state index >= 15 is 0 Å². The molecular weight excluding hydrogens is 391 g/mol. The molecule has 6 heteroatoms. The van der Waals surface area contributed by atoms with Crippen LogP contribution in [0.25, 0.3) is 0 Å². The molecule has 1 heterocycles. The number of hydrogen-bond acceptors (Lipinski definition) is 2. The summed E-state index contributed by atoms with van der Waals surface area (Å²) in [7, 11) is 1.83. The highest BCUT2D eigenvalue weighted by molar-refractivity contribution is 14.0. The maximum absolute atomic E-state index is 11.7. The standard InChI is InChI=1S/C16H28N4O.HI/c1-3-14(21)20-9-6-13(10-20)19-15(17-2)18-11-16(7-8-16)12-4-5-12;/h12-13H,3-11H2,1-2H3,(H2,17,18,19);1H. The Morgan fingerprint density at radius 2 is 2.05 bits per heavy atom. The van der Waals surface area contributed by atoms with Crippen LogP contribution in [0.15, 0.2) is 4.99 Å². The molecule has 0 radical (unpaired) electrons. The van der Waals surface area contributed by atoms with Crippen LogP contribution in [0, 0.1) is 11.3 Å². The fourth-order valence-electron chi connectivity index (χ4n) is 3.56. The molecule has 0 spiro atoms. The minimum atomic E-state index is 0. The Hall–Kier alpha value is -0.530. The lowest BCUT2D eigenvalue weighted by molar-refractivity contribution is -0.129. The minimum absolute atomic E-state index is 0. The third-order valence-electron chi connectivity index (χ3n) is 5.35. The van der Waals surface area contributed by atoms with Crippen molar-refractivity contribution in [1.82, 2.24) is 15.5 Å².